The predicted molar refractivity (Wildman–Crippen MR) is 133 cm³/mol. The molecule has 1 saturated heterocycles. The summed E-state index contributed by atoms with van der Waals surface area (Å²) in [4.78, 5) is 13.0. The summed E-state index contributed by atoms with van der Waals surface area (Å²) in [7, 11) is -3.47. The number of sulfonamides is 1. The smallest absolute Gasteiger partial charge is 0.223 e. The Labute approximate surface area is 202 Å². The summed E-state index contributed by atoms with van der Waals surface area (Å²) < 4.78 is 27.3. The Morgan fingerprint density at radius 3 is 2.48 bits per heavy atom. The van der Waals surface area contributed by atoms with E-state index < -0.39 is 10.0 Å². The highest BCUT2D eigenvalue weighted by atomic mass is 35.5. The van der Waals surface area contributed by atoms with Crippen molar-refractivity contribution in [3.05, 3.63) is 69.7 Å². The van der Waals surface area contributed by atoms with Crippen LogP contribution in [0.25, 0.3) is 0 Å². The first-order chi connectivity index (χ1) is 15.9. The molecule has 2 aliphatic rings. The number of nitrogens with one attached hydrogen (secondary N) is 1. The van der Waals surface area contributed by atoms with Crippen molar-refractivity contribution in [1.29, 1.82) is 0 Å². The minimum absolute atomic E-state index is 0.00767. The van der Waals surface area contributed by atoms with Crippen LogP contribution >= 0.6 is 11.6 Å². The highest BCUT2D eigenvalue weighted by Gasteiger charge is 2.32. The average molecular weight is 489 g/mol. The van der Waals surface area contributed by atoms with Gasteiger partial charge in [0.15, 0.2) is 0 Å². The number of carbonyl (C=O) groups is 1. The van der Waals surface area contributed by atoms with E-state index in [0.717, 1.165) is 19.3 Å². The fourth-order valence-corrected chi connectivity index (χ4v) is 6.86. The van der Waals surface area contributed by atoms with Crippen LogP contribution in [0.2, 0.25) is 5.02 Å². The lowest BCUT2D eigenvalue weighted by Crippen LogP contribution is -2.44. The number of aryl methyl sites for hydroxylation is 2. The number of amides is 1. The third-order valence-corrected chi connectivity index (χ3v) is 9.21. The zero-order valence-electron chi connectivity index (χ0n) is 19.2. The largest absolute Gasteiger partial charge is 0.349 e. The van der Waals surface area contributed by atoms with E-state index in [9.17, 15) is 13.2 Å². The average Bonchev–Trinajstić information content (AvgIpc) is 2.83. The minimum atomic E-state index is -3.47. The lowest BCUT2D eigenvalue weighted by atomic mass is 9.88. The fourth-order valence-electron chi connectivity index (χ4n) is 4.98. The van der Waals surface area contributed by atoms with E-state index in [1.807, 2.05) is 0 Å². The zero-order chi connectivity index (χ0) is 23.4. The summed E-state index contributed by atoms with van der Waals surface area (Å²) in [5.74, 6) is -0.245. The Morgan fingerprint density at radius 1 is 1.09 bits per heavy atom. The van der Waals surface area contributed by atoms with Gasteiger partial charge in [-0.1, -0.05) is 54.9 Å². The van der Waals surface area contributed by atoms with E-state index in [0.29, 0.717) is 36.5 Å². The van der Waals surface area contributed by atoms with Crippen molar-refractivity contribution in [2.24, 2.45) is 5.92 Å². The third kappa shape index (κ3) is 5.79. The molecule has 1 fully saturated rings. The van der Waals surface area contributed by atoms with Gasteiger partial charge in [-0.05, 0) is 73.3 Å². The van der Waals surface area contributed by atoms with Crippen molar-refractivity contribution in [3.8, 4) is 0 Å². The highest BCUT2D eigenvalue weighted by molar-refractivity contribution is 7.88. The van der Waals surface area contributed by atoms with Gasteiger partial charge in [0.05, 0.1) is 11.8 Å². The lowest BCUT2D eigenvalue weighted by Gasteiger charge is -2.31. The summed E-state index contributed by atoms with van der Waals surface area (Å²) in [6.07, 6.45) is 6.66. The molecule has 0 spiro atoms. The van der Waals surface area contributed by atoms with Crippen molar-refractivity contribution >= 4 is 27.5 Å². The summed E-state index contributed by atoms with van der Waals surface area (Å²) in [6, 6.07) is 13.7. The van der Waals surface area contributed by atoms with E-state index in [-0.39, 0.29) is 23.6 Å². The summed E-state index contributed by atoms with van der Waals surface area (Å²) in [6.45, 7) is 2.81. The van der Waals surface area contributed by atoms with Gasteiger partial charge in [-0.15, -0.1) is 0 Å². The van der Waals surface area contributed by atoms with Gasteiger partial charge in [-0.2, -0.15) is 0 Å². The number of nitrogens with zero attached hydrogens (tertiary/aromatic N) is 1. The van der Waals surface area contributed by atoms with Gasteiger partial charge in [0.2, 0.25) is 15.9 Å². The monoisotopic (exact) mass is 488 g/mol. The van der Waals surface area contributed by atoms with E-state index in [4.69, 9.17) is 11.6 Å². The first-order valence-electron chi connectivity index (χ1n) is 12.0. The molecule has 1 N–H and O–H groups in total. The van der Waals surface area contributed by atoms with Gasteiger partial charge in [0, 0.05) is 24.0 Å². The van der Waals surface area contributed by atoms with Crippen molar-refractivity contribution in [3.63, 3.8) is 0 Å². The second-order valence-corrected chi connectivity index (χ2v) is 11.6. The number of fused-ring (bicyclic) bond motifs is 1. The number of benzene rings is 2. The molecule has 33 heavy (non-hydrogen) atoms. The number of hydrogen-bond donors (Lipinski definition) is 1. The first-order valence-corrected chi connectivity index (χ1v) is 14.0. The molecular weight excluding hydrogens is 456 g/mol. The second kappa shape index (κ2) is 10.6. The molecule has 1 heterocycles. The van der Waals surface area contributed by atoms with Crippen molar-refractivity contribution in [1.82, 2.24) is 9.62 Å². The highest BCUT2D eigenvalue weighted by Crippen LogP contribution is 2.28. The third-order valence-electron chi connectivity index (χ3n) is 7.01. The van der Waals surface area contributed by atoms with Gasteiger partial charge >= 0.3 is 0 Å². The Kier molecular flexibility index (Phi) is 7.77. The first kappa shape index (κ1) is 24.2. The molecule has 0 aromatic heterocycles. The molecule has 1 atom stereocenters. The van der Waals surface area contributed by atoms with Crippen molar-refractivity contribution < 1.29 is 13.2 Å². The fraction of sp³-hybridized carbons (Fsp3) is 0.500. The number of halogens is 1. The predicted octanol–water partition coefficient (Wildman–Crippen LogP) is 5.03. The molecule has 1 amide bonds. The molecule has 178 valence electrons. The van der Waals surface area contributed by atoms with Gasteiger partial charge in [0.1, 0.15) is 0 Å². The van der Waals surface area contributed by atoms with E-state index in [1.165, 1.54) is 33.8 Å². The molecule has 4 rings (SSSR count). The van der Waals surface area contributed by atoms with Crippen LogP contribution in [0.5, 0.6) is 0 Å². The van der Waals surface area contributed by atoms with Gasteiger partial charge < -0.3 is 5.32 Å². The Morgan fingerprint density at radius 2 is 1.79 bits per heavy atom. The minimum Gasteiger partial charge on any atom is -0.349 e. The van der Waals surface area contributed by atoms with Crippen molar-refractivity contribution in [2.45, 2.75) is 63.7 Å². The number of rotatable bonds is 7. The van der Waals surface area contributed by atoms with Crippen LogP contribution in [0.1, 0.15) is 67.3 Å². The van der Waals surface area contributed by atoms with Crippen LogP contribution in [0.15, 0.2) is 42.5 Å². The van der Waals surface area contributed by atoms with Gasteiger partial charge in [-0.3, -0.25) is 4.79 Å². The number of piperidine rings is 1. The topological polar surface area (TPSA) is 66.5 Å². The van der Waals surface area contributed by atoms with E-state index in [1.54, 1.807) is 24.3 Å². The van der Waals surface area contributed by atoms with Crippen LogP contribution in [-0.2, 0) is 33.4 Å². The van der Waals surface area contributed by atoms with Crippen LogP contribution in [0.3, 0.4) is 0 Å². The lowest BCUT2D eigenvalue weighted by molar-refractivity contribution is -0.126. The second-order valence-electron chi connectivity index (χ2n) is 9.23. The van der Waals surface area contributed by atoms with Gasteiger partial charge in [0.25, 0.3) is 0 Å². The molecule has 5 nitrogen and oxygen atoms in total. The SMILES string of the molecule is CC[C@@H](NC(=O)C1CCN(S(=O)(=O)Cc2ccccc2Cl)CC1)c1ccc2c(c1)CCCC2. The van der Waals surface area contributed by atoms with E-state index >= 15 is 0 Å². The maximum atomic E-state index is 13.0. The molecule has 7 heteroatoms. The zero-order valence-corrected chi connectivity index (χ0v) is 20.8. The molecular formula is C26H33ClN2O3S. The van der Waals surface area contributed by atoms with Gasteiger partial charge in [-0.25, -0.2) is 12.7 Å². The number of hydrogen-bond acceptors (Lipinski definition) is 3. The normalized spacial score (nSPS) is 18.5. The number of carbonyl (C=O) groups excluding carboxylic acids is 1. The molecule has 0 unspecified atom stereocenters. The van der Waals surface area contributed by atoms with E-state index in [2.05, 4.69) is 30.4 Å². The summed E-state index contributed by atoms with van der Waals surface area (Å²) in [5, 5.41) is 3.70. The van der Waals surface area contributed by atoms with Crippen LogP contribution in [0, 0.1) is 5.92 Å². The van der Waals surface area contributed by atoms with Crippen LogP contribution < -0.4 is 5.32 Å². The molecule has 0 saturated carbocycles. The maximum Gasteiger partial charge on any atom is 0.223 e. The van der Waals surface area contributed by atoms with Crippen molar-refractivity contribution in [2.75, 3.05) is 13.1 Å². The Hall–Kier alpha value is -1.89. The molecule has 2 aromatic carbocycles. The molecule has 0 bridgehead atoms. The summed E-state index contributed by atoms with van der Waals surface area (Å²) >= 11 is 6.15. The summed E-state index contributed by atoms with van der Waals surface area (Å²) in [5.41, 5.74) is 4.64. The maximum absolute atomic E-state index is 13.0. The molecule has 2 aromatic rings. The molecule has 0 radical (unpaired) electrons. The van der Waals surface area contributed by atoms with Crippen LogP contribution in [0.4, 0.5) is 0 Å². The standard InChI is InChI=1S/C26H33ClN2O3S/c1-2-25(22-12-11-19-7-3-4-8-21(19)17-22)28-26(30)20-13-15-29(16-14-20)33(31,32)18-23-9-5-6-10-24(23)27/h5-6,9-12,17,20,25H,2-4,7-8,13-16,18H2,1H3,(H,28,30)/t25-/m1/s1. The quantitative estimate of drug-likeness (QED) is 0.594. The Balaban J connectivity index is 1.34. The molecule has 1 aliphatic carbocycles. The van der Waals surface area contributed by atoms with Crippen LogP contribution in [-0.4, -0.2) is 31.7 Å². The Bertz CT molecular complexity index is 1090. The molecule has 1 aliphatic heterocycles.